The average Bonchev–Trinajstić information content (AvgIpc) is 2.45. The molecule has 0 spiro atoms. The van der Waals surface area contributed by atoms with E-state index >= 15 is 0 Å². The maximum atomic E-state index is 12.0. The Bertz CT molecular complexity index is 1010. The minimum absolute atomic E-state index is 0. The molecule has 0 radical (unpaired) electrons. The molecule has 1 aromatic carbocycles. The van der Waals surface area contributed by atoms with Crippen LogP contribution in [0.15, 0.2) is 29.2 Å². The molecule has 1 aromatic rings. The smallest absolute Gasteiger partial charge is 0.753 e. The van der Waals surface area contributed by atoms with Gasteiger partial charge >= 0.3 is 64.6 Å². The summed E-state index contributed by atoms with van der Waals surface area (Å²) in [5.41, 5.74) is -0.968. The third kappa shape index (κ3) is 108. The molecule has 0 aliphatic rings. The van der Waals surface area contributed by atoms with Gasteiger partial charge in [0.1, 0.15) is 0 Å². The monoisotopic (exact) mass is 732 g/mol. The summed E-state index contributed by atoms with van der Waals surface area (Å²) >= 11 is 0. The van der Waals surface area contributed by atoms with Crippen molar-refractivity contribution in [2.75, 3.05) is 0 Å². The average molecular weight is 732 g/mol. The van der Waals surface area contributed by atoms with Crippen LogP contribution in [-0.4, -0.2) is 57.0 Å². The van der Waals surface area contributed by atoms with Crippen LogP contribution in [0.4, 0.5) is 34.2 Å². The van der Waals surface area contributed by atoms with Gasteiger partial charge in [-0.25, -0.2) is 18.3 Å². The maximum absolute atomic E-state index is 12.0. The summed E-state index contributed by atoms with van der Waals surface area (Å²) in [6.07, 6.45) is -4.52. The minimum atomic E-state index is -5.39. The summed E-state index contributed by atoms with van der Waals surface area (Å²) < 4.78 is 160. The predicted octanol–water partition coefficient (Wildman–Crippen LogP) is -1.43. The summed E-state index contributed by atoms with van der Waals surface area (Å²) in [4.78, 5) is 70.6. The van der Waals surface area contributed by atoms with Crippen LogP contribution in [0.3, 0.4) is 0 Å². The molecule has 0 saturated carbocycles. The Balaban J connectivity index is -0.0000000943. The Morgan fingerprint density at radius 3 is 0.850 bits per heavy atom. The summed E-state index contributed by atoms with van der Waals surface area (Å²) in [5.74, 6) is 0. The molecule has 0 fully saturated rings. The third-order valence-corrected chi connectivity index (χ3v) is 2.35. The fraction of sp³-hybridized carbons (Fsp3) is 0.143. The van der Waals surface area contributed by atoms with Crippen molar-refractivity contribution in [1.82, 2.24) is 0 Å². The number of halogens is 8. The van der Waals surface area contributed by atoms with Gasteiger partial charge < -0.3 is 9.79 Å². The molecule has 10 N–H and O–H groups in total. The van der Waals surface area contributed by atoms with Crippen LogP contribution in [0.25, 0.3) is 0 Å². The molecule has 0 heterocycles. The molecule has 0 bridgehead atoms. The van der Waals surface area contributed by atoms with Crippen LogP contribution in [0.2, 0.25) is 0 Å². The van der Waals surface area contributed by atoms with Crippen molar-refractivity contribution < 1.29 is 138 Å². The summed E-state index contributed by atoms with van der Waals surface area (Å²) in [7, 11) is -30.4. The zero-order valence-electron chi connectivity index (χ0n) is 18.2. The van der Waals surface area contributed by atoms with E-state index in [4.69, 9.17) is 76.3 Å². The minimum Gasteiger partial charge on any atom is -0.753 e. The van der Waals surface area contributed by atoms with Gasteiger partial charge in [-0.3, -0.25) is 48.3 Å². The molecule has 238 valence electrons. The standard InChI is InChI=1S/C7H5F3O3S.5FH2O3P.Li/c8-7(9,10)5-1-3-6(4-2-5)14(11,12)13;5*1-5(2,3)4;/h1-4H,(H,11,12,13);5*(H2,2,3,4);/q;;;;;;+1/p-1. The van der Waals surface area contributed by atoms with Gasteiger partial charge in [-0.1, -0.05) is 0 Å². The van der Waals surface area contributed by atoms with Gasteiger partial charge in [-0.2, -0.15) is 25.8 Å². The van der Waals surface area contributed by atoms with Crippen molar-refractivity contribution in [3.05, 3.63) is 29.8 Å². The van der Waals surface area contributed by atoms with Crippen molar-refractivity contribution in [2.24, 2.45) is 0 Å². The molecule has 0 saturated heterocycles. The fourth-order valence-corrected chi connectivity index (χ4v) is 1.30. The molecular formula is C7H14F8LiO18P5S. The Morgan fingerprint density at radius 1 is 0.600 bits per heavy atom. The fourth-order valence-electron chi connectivity index (χ4n) is 0.816. The van der Waals surface area contributed by atoms with Crippen molar-refractivity contribution in [3.63, 3.8) is 0 Å². The second-order valence-electron chi connectivity index (χ2n) is 4.84. The van der Waals surface area contributed by atoms with Gasteiger partial charge in [-0.05, 0) is 24.3 Å². The number of alkyl halides is 3. The van der Waals surface area contributed by atoms with E-state index in [-0.39, 0.29) is 18.9 Å². The molecule has 1 unspecified atom stereocenters. The molecule has 18 nitrogen and oxygen atoms in total. The van der Waals surface area contributed by atoms with Crippen molar-refractivity contribution in [2.45, 2.75) is 11.1 Å². The molecule has 0 aliphatic carbocycles. The molecule has 1 atom stereocenters. The second-order valence-corrected chi connectivity index (χ2v) is 10.9. The molecule has 0 aliphatic heterocycles. The third-order valence-electron chi connectivity index (χ3n) is 1.48. The van der Waals surface area contributed by atoms with E-state index in [0.29, 0.717) is 24.3 Å². The van der Waals surface area contributed by atoms with Gasteiger partial charge in [0, 0.05) is 0 Å². The SMILES string of the molecule is O=P(O)(O)F.O=P(O)(O)F.O=P(O)(O)F.O=P(O)(O)F.O=P([O-])(O)F.O=S(=O)(O)c1ccc(C(F)(F)F)cc1.[Li+]. The van der Waals surface area contributed by atoms with Crippen LogP contribution in [-0.2, 0) is 39.1 Å². The van der Waals surface area contributed by atoms with E-state index in [1.165, 1.54) is 0 Å². The van der Waals surface area contributed by atoms with Crippen molar-refractivity contribution >= 4 is 49.7 Å². The first-order valence-corrected chi connectivity index (χ1v) is 16.0. The first kappa shape index (κ1) is 52.6. The molecule has 0 aromatic heterocycles. The molecule has 0 amide bonds. The van der Waals surface area contributed by atoms with E-state index in [1.54, 1.807) is 0 Å². The van der Waals surface area contributed by atoms with E-state index < -0.39 is 66.3 Å². The molecule has 33 heteroatoms. The summed E-state index contributed by atoms with van der Waals surface area (Å²) in [6.45, 7) is 0. The van der Waals surface area contributed by atoms with E-state index in [0.717, 1.165) is 0 Å². The van der Waals surface area contributed by atoms with Crippen LogP contribution in [0, 0.1) is 0 Å². The zero-order valence-corrected chi connectivity index (χ0v) is 23.5. The van der Waals surface area contributed by atoms with Gasteiger partial charge in [-0.15, -0.1) is 16.8 Å². The topological polar surface area (TPSA) is 345 Å². The number of hydrogen-bond donors (Lipinski definition) is 10. The van der Waals surface area contributed by atoms with Crippen LogP contribution in [0.5, 0.6) is 0 Å². The number of rotatable bonds is 1. The quantitative estimate of drug-likeness (QED) is 0.0684. The largest absolute Gasteiger partial charge is 1.00 e. The second kappa shape index (κ2) is 20.8. The van der Waals surface area contributed by atoms with Gasteiger partial charge in [0.15, 0.2) is 0 Å². The van der Waals surface area contributed by atoms with Crippen LogP contribution in [0.1, 0.15) is 5.56 Å². The van der Waals surface area contributed by atoms with Gasteiger partial charge in [0.2, 0.25) is 0 Å². The Hall–Kier alpha value is -0.0826. The number of hydrogen-bond acceptors (Lipinski definition) is 8. The summed E-state index contributed by atoms with van der Waals surface area (Å²) in [5, 5.41) is 0. The summed E-state index contributed by atoms with van der Waals surface area (Å²) in [6, 6.07) is 2.56. The van der Waals surface area contributed by atoms with Crippen molar-refractivity contribution in [1.29, 1.82) is 0 Å². The maximum Gasteiger partial charge on any atom is 1.00 e. The molecule has 1 rings (SSSR count). The first-order valence-electron chi connectivity index (χ1n) is 7.10. The van der Waals surface area contributed by atoms with Gasteiger partial charge in [0.25, 0.3) is 10.1 Å². The normalized spacial score (nSPS) is 13.1. The van der Waals surface area contributed by atoms with E-state index in [2.05, 4.69) is 0 Å². The predicted molar refractivity (Wildman–Crippen MR) is 105 cm³/mol. The first-order chi connectivity index (χ1) is 16.2. The Labute approximate surface area is 228 Å². The van der Waals surface area contributed by atoms with Gasteiger partial charge in [0.05, 0.1) is 10.5 Å². The van der Waals surface area contributed by atoms with E-state index in [9.17, 15) is 42.6 Å². The van der Waals surface area contributed by atoms with Crippen molar-refractivity contribution in [3.8, 4) is 0 Å². The Kier molecular flexibility index (Phi) is 27.3. The zero-order chi connectivity index (χ0) is 33.5. The molecule has 40 heavy (non-hydrogen) atoms. The van der Waals surface area contributed by atoms with Crippen LogP contribution >= 0.6 is 39.5 Å². The number of benzene rings is 1. The van der Waals surface area contributed by atoms with Crippen LogP contribution < -0.4 is 23.8 Å². The Morgan fingerprint density at radius 2 is 0.750 bits per heavy atom. The molecular weight excluding hydrogens is 718 g/mol. The van der Waals surface area contributed by atoms with E-state index in [1.807, 2.05) is 0 Å².